The van der Waals surface area contributed by atoms with Crippen LogP contribution >= 0.6 is 0 Å². The molecule has 1 aliphatic heterocycles. The molecule has 0 aliphatic carbocycles. The van der Waals surface area contributed by atoms with Crippen LogP contribution in [-0.4, -0.2) is 72.9 Å². The molecule has 4 rings (SSSR count). The third-order valence-corrected chi connectivity index (χ3v) is 6.54. The van der Waals surface area contributed by atoms with Gasteiger partial charge in [0.1, 0.15) is 12.1 Å². The van der Waals surface area contributed by atoms with Crippen molar-refractivity contribution >= 4 is 32.4 Å². The second-order valence-corrected chi connectivity index (χ2v) is 8.51. The van der Waals surface area contributed by atoms with Gasteiger partial charge in [-0.15, -0.1) is 0 Å². The molecule has 3 heterocycles. The minimum Gasteiger partial charge on any atom is -0.369 e. The number of rotatable bonds is 4. The van der Waals surface area contributed by atoms with Crippen molar-refractivity contribution in [2.45, 2.75) is 5.03 Å². The van der Waals surface area contributed by atoms with E-state index in [4.69, 9.17) is 0 Å². The standard InChI is InChI=1S/C17H21N7O2S/c1-22(2)17-14-9-13(3-4-15(14)19-12-21-17)23-5-7-24(8-6-23)27(25,26)16-10-18-11-20-16/h3-4,9-12H,5-8H2,1-2H3,(H,18,20). The van der Waals surface area contributed by atoms with Gasteiger partial charge in [0.05, 0.1) is 18.0 Å². The number of aromatic nitrogens is 4. The minimum absolute atomic E-state index is 0.134. The van der Waals surface area contributed by atoms with E-state index < -0.39 is 10.0 Å². The van der Waals surface area contributed by atoms with Crippen molar-refractivity contribution < 1.29 is 8.42 Å². The van der Waals surface area contributed by atoms with Crippen LogP contribution in [0.2, 0.25) is 0 Å². The molecule has 0 amide bonds. The van der Waals surface area contributed by atoms with Gasteiger partial charge in [-0.2, -0.15) is 4.31 Å². The Bertz CT molecular complexity index is 1040. The number of nitrogens with zero attached hydrogens (tertiary/aromatic N) is 6. The summed E-state index contributed by atoms with van der Waals surface area (Å²) >= 11 is 0. The van der Waals surface area contributed by atoms with Gasteiger partial charge in [0.2, 0.25) is 0 Å². The van der Waals surface area contributed by atoms with Gasteiger partial charge in [-0.05, 0) is 18.2 Å². The van der Waals surface area contributed by atoms with Gasteiger partial charge in [-0.3, -0.25) is 0 Å². The van der Waals surface area contributed by atoms with E-state index in [0.29, 0.717) is 26.2 Å². The normalized spacial score (nSPS) is 16.0. The van der Waals surface area contributed by atoms with Gasteiger partial charge in [0.25, 0.3) is 10.0 Å². The molecule has 27 heavy (non-hydrogen) atoms. The summed E-state index contributed by atoms with van der Waals surface area (Å²) in [7, 11) is 0.389. The zero-order valence-corrected chi connectivity index (χ0v) is 16.0. The Kier molecular flexibility index (Phi) is 4.44. The smallest absolute Gasteiger partial charge is 0.260 e. The molecule has 0 saturated carbocycles. The molecule has 1 fully saturated rings. The topological polar surface area (TPSA) is 98.3 Å². The summed E-state index contributed by atoms with van der Waals surface area (Å²) in [5.41, 5.74) is 1.93. The average molecular weight is 387 g/mol. The quantitative estimate of drug-likeness (QED) is 0.711. The first kappa shape index (κ1) is 17.7. The fourth-order valence-corrected chi connectivity index (χ4v) is 4.61. The highest BCUT2D eigenvalue weighted by Gasteiger charge is 2.29. The number of nitrogens with one attached hydrogen (secondary N) is 1. The first-order valence-corrected chi connectivity index (χ1v) is 10.1. The van der Waals surface area contributed by atoms with E-state index in [1.165, 1.54) is 16.8 Å². The predicted octanol–water partition coefficient (Wildman–Crippen LogP) is 0.930. The van der Waals surface area contributed by atoms with Crippen LogP contribution in [0.5, 0.6) is 0 Å². The van der Waals surface area contributed by atoms with Gasteiger partial charge in [-0.25, -0.2) is 23.4 Å². The van der Waals surface area contributed by atoms with Gasteiger partial charge in [0, 0.05) is 51.3 Å². The van der Waals surface area contributed by atoms with Gasteiger partial charge >= 0.3 is 0 Å². The third kappa shape index (κ3) is 3.21. The first-order valence-electron chi connectivity index (χ1n) is 8.62. The van der Waals surface area contributed by atoms with Crippen LogP contribution in [0.4, 0.5) is 11.5 Å². The lowest BCUT2D eigenvalue weighted by molar-refractivity contribution is 0.383. The molecule has 2 aromatic heterocycles. The number of anilines is 2. The Labute approximate surface area is 157 Å². The number of sulfonamides is 1. The maximum atomic E-state index is 12.6. The van der Waals surface area contributed by atoms with Crippen molar-refractivity contribution in [3.63, 3.8) is 0 Å². The van der Waals surface area contributed by atoms with Crippen molar-refractivity contribution in [3.8, 4) is 0 Å². The lowest BCUT2D eigenvalue weighted by Crippen LogP contribution is -2.48. The molecule has 3 aromatic rings. The summed E-state index contributed by atoms with van der Waals surface area (Å²) in [6, 6.07) is 6.07. The number of fused-ring (bicyclic) bond motifs is 1. The Morgan fingerprint density at radius 2 is 1.89 bits per heavy atom. The summed E-state index contributed by atoms with van der Waals surface area (Å²) in [6.07, 6.45) is 4.28. The molecule has 0 radical (unpaired) electrons. The van der Waals surface area contributed by atoms with E-state index in [-0.39, 0.29) is 5.03 Å². The number of hydrogen-bond donors (Lipinski definition) is 1. The summed E-state index contributed by atoms with van der Waals surface area (Å²) in [5, 5.41) is 1.11. The third-order valence-electron chi connectivity index (χ3n) is 4.72. The van der Waals surface area contributed by atoms with Gasteiger partial charge in [0.15, 0.2) is 5.03 Å². The molecule has 0 unspecified atom stereocenters. The summed E-state index contributed by atoms with van der Waals surface area (Å²) in [4.78, 5) is 19.3. The zero-order valence-electron chi connectivity index (χ0n) is 15.2. The largest absolute Gasteiger partial charge is 0.369 e. The molecule has 1 aromatic carbocycles. The lowest BCUT2D eigenvalue weighted by atomic mass is 10.1. The second-order valence-electron chi connectivity index (χ2n) is 6.60. The molecule has 1 aliphatic rings. The number of hydrogen-bond acceptors (Lipinski definition) is 7. The van der Waals surface area contributed by atoms with Crippen molar-refractivity contribution in [3.05, 3.63) is 37.1 Å². The van der Waals surface area contributed by atoms with Gasteiger partial charge in [-0.1, -0.05) is 0 Å². The Morgan fingerprint density at radius 1 is 1.11 bits per heavy atom. The summed E-state index contributed by atoms with van der Waals surface area (Å²) in [5.74, 6) is 0.863. The SMILES string of the molecule is CN(C)c1ncnc2ccc(N3CCN(S(=O)(=O)c4cnc[nH]4)CC3)cc12. The van der Waals surface area contributed by atoms with Crippen molar-refractivity contribution in [1.29, 1.82) is 0 Å². The van der Waals surface area contributed by atoms with Crippen LogP contribution < -0.4 is 9.80 Å². The van der Waals surface area contributed by atoms with E-state index in [1.54, 1.807) is 6.33 Å². The molecule has 142 valence electrons. The minimum atomic E-state index is -3.52. The Balaban J connectivity index is 1.56. The van der Waals surface area contributed by atoms with Crippen LogP contribution in [0.3, 0.4) is 0 Å². The first-order chi connectivity index (χ1) is 13.0. The molecule has 1 N–H and O–H groups in total. The fraction of sp³-hybridized carbons (Fsp3) is 0.353. The molecule has 10 heteroatoms. The number of aromatic amines is 1. The van der Waals surface area contributed by atoms with Gasteiger partial charge < -0.3 is 14.8 Å². The highest BCUT2D eigenvalue weighted by Crippen LogP contribution is 2.27. The Hall–Kier alpha value is -2.72. The molecule has 0 atom stereocenters. The van der Waals surface area contributed by atoms with Crippen LogP contribution in [0.1, 0.15) is 0 Å². The molecule has 1 saturated heterocycles. The van der Waals surface area contributed by atoms with E-state index in [2.05, 4.69) is 30.9 Å². The maximum Gasteiger partial charge on any atom is 0.260 e. The van der Waals surface area contributed by atoms with Crippen LogP contribution in [0.15, 0.2) is 42.1 Å². The number of benzene rings is 1. The number of imidazole rings is 1. The summed E-state index contributed by atoms with van der Waals surface area (Å²) in [6.45, 7) is 2.07. The van der Waals surface area contributed by atoms with E-state index >= 15 is 0 Å². The highest BCUT2D eigenvalue weighted by atomic mass is 32.2. The molecule has 9 nitrogen and oxygen atoms in total. The number of H-pyrrole nitrogens is 1. The molecule has 0 spiro atoms. The van der Waals surface area contributed by atoms with Crippen molar-refractivity contribution in [1.82, 2.24) is 24.2 Å². The van der Waals surface area contributed by atoms with E-state index in [0.717, 1.165) is 22.4 Å². The van der Waals surface area contributed by atoms with E-state index in [1.807, 2.05) is 31.1 Å². The molecular formula is C17H21N7O2S. The average Bonchev–Trinajstić information content (AvgIpc) is 3.23. The highest BCUT2D eigenvalue weighted by molar-refractivity contribution is 7.89. The fourth-order valence-electron chi connectivity index (χ4n) is 3.29. The maximum absolute atomic E-state index is 12.6. The second kappa shape index (κ2) is 6.78. The molecule has 0 bridgehead atoms. The Morgan fingerprint density at radius 3 is 2.56 bits per heavy atom. The van der Waals surface area contributed by atoms with Crippen LogP contribution in [0.25, 0.3) is 10.9 Å². The molecular weight excluding hydrogens is 366 g/mol. The lowest BCUT2D eigenvalue weighted by Gasteiger charge is -2.35. The summed E-state index contributed by atoms with van der Waals surface area (Å²) < 4.78 is 26.7. The zero-order chi connectivity index (χ0) is 19.0. The monoisotopic (exact) mass is 387 g/mol. The van der Waals surface area contributed by atoms with Crippen LogP contribution in [-0.2, 0) is 10.0 Å². The van der Waals surface area contributed by atoms with Crippen molar-refractivity contribution in [2.75, 3.05) is 50.1 Å². The van der Waals surface area contributed by atoms with Crippen LogP contribution in [0, 0.1) is 0 Å². The number of piperazine rings is 1. The van der Waals surface area contributed by atoms with E-state index in [9.17, 15) is 8.42 Å². The van der Waals surface area contributed by atoms with Crippen molar-refractivity contribution in [2.24, 2.45) is 0 Å². The predicted molar refractivity (Wildman–Crippen MR) is 103 cm³/mol.